The van der Waals surface area contributed by atoms with Gasteiger partial charge in [0.25, 0.3) is 6.43 Å². The molecule has 2 heterocycles. The van der Waals surface area contributed by atoms with Gasteiger partial charge in [0.1, 0.15) is 17.7 Å². The number of rotatable bonds is 3. The van der Waals surface area contributed by atoms with Gasteiger partial charge in [0.2, 0.25) is 0 Å². The van der Waals surface area contributed by atoms with Crippen LogP contribution in [0.3, 0.4) is 0 Å². The summed E-state index contributed by atoms with van der Waals surface area (Å²) in [6.45, 7) is 0.571. The summed E-state index contributed by atoms with van der Waals surface area (Å²) in [5.41, 5.74) is 0.811. The zero-order valence-electron chi connectivity index (χ0n) is 10.6. The third-order valence-corrected chi connectivity index (χ3v) is 3.16. The Morgan fingerprint density at radius 2 is 2.20 bits per heavy atom. The molecule has 0 radical (unpaired) electrons. The molecule has 0 saturated carbocycles. The standard InChI is InChI=1S/C13H13F3N2O2/c14-8-1-2-9-10(5-8)18(6-12(15)16)13(17-9)11-7-19-3-4-20-11/h1-2,5,11-12H,3-4,6-7H2. The third kappa shape index (κ3) is 2.51. The lowest BCUT2D eigenvalue weighted by molar-refractivity contribution is -0.0949. The second-order valence-corrected chi connectivity index (χ2v) is 4.54. The second kappa shape index (κ2) is 5.41. The topological polar surface area (TPSA) is 36.3 Å². The van der Waals surface area contributed by atoms with E-state index in [2.05, 4.69) is 4.98 Å². The Morgan fingerprint density at radius 3 is 2.90 bits per heavy atom. The van der Waals surface area contributed by atoms with Crippen molar-refractivity contribution in [3.8, 4) is 0 Å². The first kappa shape index (κ1) is 13.4. The Kier molecular flexibility index (Phi) is 3.62. The number of alkyl halides is 2. The van der Waals surface area contributed by atoms with Crippen LogP contribution in [-0.4, -0.2) is 35.8 Å². The summed E-state index contributed by atoms with van der Waals surface area (Å²) >= 11 is 0. The lowest BCUT2D eigenvalue weighted by atomic mass is 10.3. The number of fused-ring (bicyclic) bond motifs is 1. The number of ether oxygens (including phenoxy) is 2. The van der Waals surface area contributed by atoms with Crippen molar-refractivity contribution >= 4 is 11.0 Å². The summed E-state index contributed by atoms with van der Waals surface area (Å²) in [6, 6.07) is 3.93. The summed E-state index contributed by atoms with van der Waals surface area (Å²) in [6.07, 6.45) is -3.06. The van der Waals surface area contributed by atoms with E-state index in [1.165, 1.54) is 22.8 Å². The van der Waals surface area contributed by atoms with Gasteiger partial charge in [0.15, 0.2) is 0 Å². The smallest absolute Gasteiger partial charge is 0.256 e. The maximum Gasteiger partial charge on any atom is 0.256 e. The summed E-state index contributed by atoms with van der Waals surface area (Å²) < 4.78 is 50.9. The lowest BCUT2D eigenvalue weighted by Gasteiger charge is -2.23. The van der Waals surface area contributed by atoms with E-state index in [-0.39, 0.29) is 6.61 Å². The van der Waals surface area contributed by atoms with E-state index in [0.717, 1.165) is 0 Å². The van der Waals surface area contributed by atoms with Crippen LogP contribution >= 0.6 is 0 Å². The average molecular weight is 286 g/mol. The molecule has 1 aliphatic heterocycles. The molecule has 0 aliphatic carbocycles. The minimum absolute atomic E-state index is 0.259. The van der Waals surface area contributed by atoms with Crippen molar-refractivity contribution < 1.29 is 22.6 Å². The predicted molar refractivity (Wildman–Crippen MR) is 65.2 cm³/mol. The Labute approximate surface area is 113 Å². The summed E-state index contributed by atoms with van der Waals surface area (Å²) in [5.74, 6) is -0.133. The summed E-state index contributed by atoms with van der Waals surface area (Å²) in [4.78, 5) is 4.29. The van der Waals surface area contributed by atoms with Crippen molar-refractivity contribution in [2.24, 2.45) is 0 Å². The second-order valence-electron chi connectivity index (χ2n) is 4.54. The zero-order chi connectivity index (χ0) is 14.1. The molecule has 108 valence electrons. The van der Waals surface area contributed by atoms with Crippen LogP contribution < -0.4 is 0 Å². The largest absolute Gasteiger partial charge is 0.376 e. The van der Waals surface area contributed by atoms with Crippen molar-refractivity contribution in [3.05, 3.63) is 29.8 Å². The van der Waals surface area contributed by atoms with Crippen molar-refractivity contribution in [1.82, 2.24) is 9.55 Å². The number of imidazole rings is 1. The fraction of sp³-hybridized carbons (Fsp3) is 0.462. The van der Waals surface area contributed by atoms with Gasteiger partial charge in [0, 0.05) is 0 Å². The molecule has 4 nitrogen and oxygen atoms in total. The van der Waals surface area contributed by atoms with Crippen molar-refractivity contribution in [3.63, 3.8) is 0 Å². The zero-order valence-corrected chi connectivity index (χ0v) is 10.6. The molecule has 1 aromatic carbocycles. The van der Waals surface area contributed by atoms with E-state index in [4.69, 9.17) is 9.47 Å². The van der Waals surface area contributed by atoms with E-state index in [1.807, 2.05) is 0 Å². The van der Waals surface area contributed by atoms with Crippen LogP contribution in [0.2, 0.25) is 0 Å². The number of hydrogen-bond acceptors (Lipinski definition) is 3. The normalized spacial score (nSPS) is 19.9. The van der Waals surface area contributed by atoms with Crippen LogP contribution in [0.15, 0.2) is 18.2 Å². The highest BCUT2D eigenvalue weighted by molar-refractivity contribution is 5.76. The van der Waals surface area contributed by atoms with Gasteiger partial charge in [-0.2, -0.15) is 0 Å². The molecule has 1 unspecified atom stereocenters. The molecular weight excluding hydrogens is 273 g/mol. The number of halogens is 3. The highest BCUT2D eigenvalue weighted by Crippen LogP contribution is 2.26. The Hall–Kier alpha value is -1.60. The van der Waals surface area contributed by atoms with Crippen molar-refractivity contribution in [1.29, 1.82) is 0 Å². The Balaban J connectivity index is 2.08. The van der Waals surface area contributed by atoms with Gasteiger partial charge in [-0.05, 0) is 18.2 Å². The molecule has 7 heteroatoms. The van der Waals surface area contributed by atoms with Crippen molar-refractivity contribution in [2.75, 3.05) is 19.8 Å². The number of aromatic nitrogens is 2. The lowest BCUT2D eigenvalue weighted by Crippen LogP contribution is -2.25. The van der Waals surface area contributed by atoms with Crippen LogP contribution in [-0.2, 0) is 16.0 Å². The van der Waals surface area contributed by atoms with Crippen LogP contribution in [0.1, 0.15) is 11.9 Å². The fourth-order valence-corrected chi connectivity index (χ4v) is 2.33. The van der Waals surface area contributed by atoms with E-state index >= 15 is 0 Å². The van der Waals surface area contributed by atoms with E-state index in [1.54, 1.807) is 0 Å². The first-order valence-corrected chi connectivity index (χ1v) is 6.28. The van der Waals surface area contributed by atoms with Gasteiger partial charge >= 0.3 is 0 Å². The van der Waals surface area contributed by atoms with Gasteiger partial charge in [-0.25, -0.2) is 18.2 Å². The first-order valence-electron chi connectivity index (χ1n) is 6.28. The average Bonchev–Trinajstić information content (AvgIpc) is 2.77. The quantitative estimate of drug-likeness (QED) is 0.870. The highest BCUT2D eigenvalue weighted by Gasteiger charge is 2.25. The predicted octanol–water partition coefficient (Wildman–Crippen LogP) is 2.53. The van der Waals surface area contributed by atoms with E-state index in [0.29, 0.717) is 30.1 Å². The number of benzene rings is 1. The molecule has 1 atom stereocenters. The van der Waals surface area contributed by atoms with Gasteiger partial charge in [-0.1, -0.05) is 0 Å². The maximum atomic E-state index is 13.3. The van der Waals surface area contributed by atoms with Crippen LogP contribution in [0.25, 0.3) is 11.0 Å². The molecule has 3 rings (SSSR count). The fourth-order valence-electron chi connectivity index (χ4n) is 2.33. The molecule has 0 bridgehead atoms. The molecule has 1 aliphatic rings. The van der Waals surface area contributed by atoms with Crippen molar-refractivity contribution in [2.45, 2.75) is 19.1 Å². The molecule has 1 aromatic heterocycles. The van der Waals surface area contributed by atoms with Crippen LogP contribution in [0, 0.1) is 5.82 Å². The van der Waals surface area contributed by atoms with Gasteiger partial charge in [-0.3, -0.25) is 0 Å². The molecule has 1 saturated heterocycles. The molecular formula is C13H13F3N2O2. The minimum atomic E-state index is -2.56. The first-order chi connectivity index (χ1) is 9.65. The SMILES string of the molecule is Fc1ccc2nc(C3COCCO3)n(CC(F)F)c2c1. The van der Waals surface area contributed by atoms with Crippen LogP contribution in [0.5, 0.6) is 0 Å². The molecule has 0 amide bonds. The van der Waals surface area contributed by atoms with Gasteiger partial charge in [0.05, 0.1) is 37.4 Å². The molecule has 2 aromatic rings. The number of hydrogen-bond donors (Lipinski definition) is 0. The number of nitrogens with zero attached hydrogens (tertiary/aromatic N) is 2. The summed E-state index contributed by atoms with van der Waals surface area (Å²) in [5, 5.41) is 0. The molecule has 0 N–H and O–H groups in total. The monoisotopic (exact) mass is 286 g/mol. The van der Waals surface area contributed by atoms with E-state index in [9.17, 15) is 13.2 Å². The van der Waals surface area contributed by atoms with Gasteiger partial charge < -0.3 is 14.0 Å². The molecule has 1 fully saturated rings. The third-order valence-electron chi connectivity index (χ3n) is 3.16. The van der Waals surface area contributed by atoms with Crippen LogP contribution in [0.4, 0.5) is 13.2 Å². The summed E-state index contributed by atoms with van der Waals surface area (Å²) in [7, 11) is 0. The highest BCUT2D eigenvalue weighted by atomic mass is 19.3. The molecule has 0 spiro atoms. The molecule has 20 heavy (non-hydrogen) atoms. The van der Waals surface area contributed by atoms with Gasteiger partial charge in [-0.15, -0.1) is 0 Å². The minimum Gasteiger partial charge on any atom is -0.376 e. The van der Waals surface area contributed by atoms with E-state index < -0.39 is 24.9 Å². The Morgan fingerprint density at radius 1 is 1.35 bits per heavy atom. The Bertz CT molecular complexity index is 609. The maximum absolute atomic E-state index is 13.3.